The monoisotopic (exact) mass is 277 g/mol. The van der Waals surface area contributed by atoms with E-state index in [1.165, 1.54) is 44.3 Å². The van der Waals surface area contributed by atoms with Crippen molar-refractivity contribution in [2.75, 3.05) is 5.75 Å². The van der Waals surface area contributed by atoms with Crippen LogP contribution in [-0.4, -0.2) is 22.5 Å². The van der Waals surface area contributed by atoms with Gasteiger partial charge in [-0.15, -0.1) is 11.4 Å². The van der Waals surface area contributed by atoms with Gasteiger partial charge in [0.2, 0.25) is 0 Å². The van der Waals surface area contributed by atoms with Crippen molar-refractivity contribution in [2.45, 2.75) is 85.2 Å². The van der Waals surface area contributed by atoms with Gasteiger partial charge in [-0.1, -0.05) is 39.0 Å². The molecule has 0 rings (SSSR count). The van der Waals surface area contributed by atoms with Gasteiger partial charge in [0.15, 0.2) is 0 Å². The minimum Gasteiger partial charge on any atom is -0.271 e. The minimum absolute atomic E-state index is 0.686. The van der Waals surface area contributed by atoms with Crippen molar-refractivity contribution in [3.8, 4) is 0 Å². The van der Waals surface area contributed by atoms with Crippen LogP contribution in [0, 0.1) is 0 Å². The largest absolute Gasteiger partial charge is 0.271 e. The van der Waals surface area contributed by atoms with Crippen LogP contribution in [0.5, 0.6) is 0 Å². The second-order valence-corrected chi connectivity index (χ2v) is 8.11. The molecule has 0 fully saturated rings. The van der Waals surface area contributed by atoms with E-state index in [1.54, 1.807) is 0 Å². The lowest BCUT2D eigenvalue weighted by Gasteiger charge is -2.29. The molecule has 0 spiro atoms. The molecule has 1 atom stereocenters. The fraction of sp³-hybridized carbons (Fsp3) is 1.00. The average Bonchev–Trinajstić information content (AvgIpc) is 2.26. The number of unbranched alkanes of at least 4 members (excludes halogenated alkanes) is 5. The van der Waals surface area contributed by atoms with E-state index in [2.05, 4.69) is 50.7 Å². The van der Waals surface area contributed by atoms with Gasteiger partial charge in [-0.2, -0.15) is 0 Å². The number of rotatable bonds is 11. The second-order valence-electron chi connectivity index (χ2n) is 5.30. The van der Waals surface area contributed by atoms with Crippen LogP contribution in [0.2, 0.25) is 0 Å². The normalized spacial score (nSPS) is 12.7. The molecule has 0 bridgehead atoms. The van der Waals surface area contributed by atoms with E-state index in [0.717, 1.165) is 7.93 Å². The number of nitrogens with zero attached hydrogens (tertiary/aromatic N) is 1. The van der Waals surface area contributed by atoms with Gasteiger partial charge in [0.25, 0.3) is 0 Å². The molecule has 0 aliphatic rings. The van der Waals surface area contributed by atoms with E-state index in [1.807, 2.05) is 0 Å². The predicted molar refractivity (Wildman–Crippen MR) is 86.3 cm³/mol. The van der Waals surface area contributed by atoms with Crippen LogP contribution in [-0.2, 0) is 0 Å². The lowest BCUT2D eigenvalue weighted by Crippen LogP contribution is -2.28. The third kappa shape index (κ3) is 10.4. The van der Waals surface area contributed by atoms with Crippen molar-refractivity contribution in [2.24, 2.45) is 0 Å². The molecule has 0 aliphatic heterocycles. The van der Waals surface area contributed by atoms with Gasteiger partial charge in [0.1, 0.15) is 0 Å². The summed E-state index contributed by atoms with van der Waals surface area (Å²) in [5, 5.41) is 0. The van der Waals surface area contributed by atoms with Gasteiger partial charge < -0.3 is 0 Å². The molecule has 0 radical (unpaired) electrons. The third-order valence-corrected chi connectivity index (χ3v) is 6.38. The van der Waals surface area contributed by atoms with Gasteiger partial charge in [0, 0.05) is 20.0 Å². The first-order valence-electron chi connectivity index (χ1n) is 7.25. The third-order valence-electron chi connectivity index (χ3n) is 2.88. The summed E-state index contributed by atoms with van der Waals surface area (Å²) in [5.41, 5.74) is 0. The first kappa shape index (κ1) is 17.7. The maximum absolute atomic E-state index is 2.60. The van der Waals surface area contributed by atoms with E-state index in [-0.39, 0.29) is 0 Å². The van der Waals surface area contributed by atoms with Crippen molar-refractivity contribution in [1.29, 1.82) is 0 Å². The Morgan fingerprint density at radius 3 is 1.94 bits per heavy atom. The quantitative estimate of drug-likeness (QED) is 0.351. The van der Waals surface area contributed by atoms with E-state index < -0.39 is 0 Å². The van der Waals surface area contributed by atoms with E-state index in [0.29, 0.717) is 12.1 Å². The van der Waals surface area contributed by atoms with Crippen LogP contribution < -0.4 is 0 Å². The molecule has 104 valence electrons. The van der Waals surface area contributed by atoms with Crippen molar-refractivity contribution in [3.05, 3.63) is 0 Å². The van der Waals surface area contributed by atoms with Crippen LogP contribution in [0.4, 0.5) is 0 Å². The second kappa shape index (κ2) is 11.8. The highest BCUT2D eigenvalue weighted by atomic mass is 32.7. The molecular formula is C14H32NPS. The Kier molecular flexibility index (Phi) is 12.3. The first-order chi connectivity index (χ1) is 8.09. The van der Waals surface area contributed by atoms with Crippen LogP contribution in [0.3, 0.4) is 0 Å². The Morgan fingerprint density at radius 2 is 1.41 bits per heavy atom. The zero-order chi connectivity index (χ0) is 13.1. The van der Waals surface area contributed by atoms with E-state index in [9.17, 15) is 0 Å². The molecule has 0 aromatic rings. The highest BCUT2D eigenvalue weighted by Crippen LogP contribution is 2.37. The summed E-state index contributed by atoms with van der Waals surface area (Å²) in [6.07, 6.45) is 8.49. The van der Waals surface area contributed by atoms with Crippen LogP contribution in [0.25, 0.3) is 0 Å². The van der Waals surface area contributed by atoms with E-state index >= 15 is 0 Å². The molecular weight excluding hydrogens is 245 g/mol. The molecule has 0 saturated heterocycles. The van der Waals surface area contributed by atoms with Gasteiger partial charge >= 0.3 is 0 Å². The van der Waals surface area contributed by atoms with Gasteiger partial charge in [-0.25, -0.2) is 0 Å². The zero-order valence-corrected chi connectivity index (χ0v) is 14.3. The Bertz CT molecular complexity index is 154. The lowest BCUT2D eigenvalue weighted by molar-refractivity contribution is 0.333. The summed E-state index contributed by atoms with van der Waals surface area (Å²) in [7, 11) is 0.946. The molecule has 3 heteroatoms. The fourth-order valence-electron chi connectivity index (χ4n) is 1.88. The summed E-state index contributed by atoms with van der Waals surface area (Å²) in [6.45, 7) is 11.5. The van der Waals surface area contributed by atoms with Crippen molar-refractivity contribution >= 4 is 19.3 Å². The van der Waals surface area contributed by atoms with Crippen LogP contribution in [0.15, 0.2) is 0 Å². The Morgan fingerprint density at radius 1 is 0.882 bits per heavy atom. The molecule has 1 nitrogen and oxygen atoms in total. The maximum atomic E-state index is 2.60. The Balaban J connectivity index is 3.37. The molecule has 0 N–H and O–H groups in total. The minimum atomic E-state index is 0.686. The zero-order valence-electron chi connectivity index (χ0n) is 12.5. The topological polar surface area (TPSA) is 3.24 Å². The molecule has 1 unspecified atom stereocenters. The predicted octanol–water partition coefficient (Wildman–Crippen LogP) is 5.71. The maximum Gasteiger partial charge on any atom is 0.0105 e. The molecule has 0 saturated carbocycles. The SMILES string of the molecule is CCCCCCCCSPN(C(C)C)C(C)C. The molecule has 0 aromatic carbocycles. The highest BCUT2D eigenvalue weighted by Gasteiger charge is 2.12. The molecule has 0 amide bonds. The van der Waals surface area contributed by atoms with E-state index in [4.69, 9.17) is 0 Å². The first-order valence-corrected chi connectivity index (χ1v) is 9.91. The summed E-state index contributed by atoms with van der Waals surface area (Å²) >= 11 is 2.14. The molecule has 0 aliphatic carbocycles. The molecule has 0 aromatic heterocycles. The Labute approximate surface area is 115 Å². The molecule has 0 heterocycles. The molecule has 17 heavy (non-hydrogen) atoms. The summed E-state index contributed by atoms with van der Waals surface area (Å²) in [4.78, 5) is 0. The lowest BCUT2D eigenvalue weighted by atomic mass is 10.1. The van der Waals surface area contributed by atoms with Gasteiger partial charge in [-0.05, 0) is 39.9 Å². The average molecular weight is 277 g/mol. The smallest absolute Gasteiger partial charge is 0.0105 e. The summed E-state index contributed by atoms with van der Waals surface area (Å²) < 4.78 is 2.60. The summed E-state index contributed by atoms with van der Waals surface area (Å²) in [6, 6.07) is 1.37. The van der Waals surface area contributed by atoms with Crippen LogP contribution >= 0.6 is 19.3 Å². The number of hydrogen-bond donors (Lipinski definition) is 0. The summed E-state index contributed by atoms with van der Waals surface area (Å²) in [5.74, 6) is 1.35. The van der Waals surface area contributed by atoms with Gasteiger partial charge in [0.05, 0.1) is 0 Å². The van der Waals surface area contributed by atoms with Crippen molar-refractivity contribution < 1.29 is 0 Å². The Hall–Kier alpha value is 0.740. The van der Waals surface area contributed by atoms with Crippen molar-refractivity contribution in [3.63, 3.8) is 0 Å². The fourth-order valence-corrected chi connectivity index (χ4v) is 5.31. The van der Waals surface area contributed by atoms with Crippen molar-refractivity contribution in [1.82, 2.24) is 4.67 Å². The number of hydrogen-bond acceptors (Lipinski definition) is 2. The van der Waals surface area contributed by atoms with Gasteiger partial charge in [-0.3, -0.25) is 4.67 Å². The van der Waals surface area contributed by atoms with Crippen LogP contribution in [0.1, 0.15) is 73.1 Å². The standard InChI is InChI=1S/C14H32NPS/c1-6-7-8-9-10-11-12-17-16-15(13(2)3)14(4)5/h13-14,16H,6-12H2,1-5H3. The highest BCUT2D eigenvalue weighted by molar-refractivity contribution is 8.48.